The minimum absolute atomic E-state index is 0. The van der Waals surface area contributed by atoms with E-state index >= 15 is 0 Å². The summed E-state index contributed by atoms with van der Waals surface area (Å²) in [5.41, 5.74) is 1.08. The number of hydrogen-bond donors (Lipinski definition) is 0. The number of pyridine rings is 1. The summed E-state index contributed by atoms with van der Waals surface area (Å²) < 4.78 is 6.21. The van der Waals surface area contributed by atoms with Crippen LogP contribution in [0.15, 0.2) is 12.3 Å². The van der Waals surface area contributed by atoms with Crippen LogP contribution in [-0.4, -0.2) is 43.5 Å². The number of nitrogens with zero attached hydrogens (tertiary/aromatic N) is 2. The standard InChI is InChI=1S/C13H15ClN2O.BH3/c14-11-1-4-15-12-10(11)7-13(17-12)8-16-5-2-9(13)3-6-16;/h1,4,9H,2-3,5-8H2;1H3. The van der Waals surface area contributed by atoms with Gasteiger partial charge in [0.2, 0.25) is 5.88 Å². The SMILES string of the molecule is B.Clc1ccnc2c1CC1(CN3CCC1CC3)O2. The molecule has 0 aliphatic carbocycles. The fraction of sp³-hybridized carbons (Fsp3) is 0.615. The molecule has 2 bridgehead atoms. The number of halogens is 1. The summed E-state index contributed by atoms with van der Waals surface area (Å²) in [6.45, 7) is 3.50. The van der Waals surface area contributed by atoms with Crippen molar-refractivity contribution in [2.75, 3.05) is 19.6 Å². The topological polar surface area (TPSA) is 25.4 Å². The van der Waals surface area contributed by atoms with E-state index in [1.165, 1.54) is 25.9 Å². The molecule has 0 aromatic carbocycles. The van der Waals surface area contributed by atoms with Gasteiger partial charge in [-0.3, -0.25) is 4.90 Å². The predicted molar refractivity (Wildman–Crippen MR) is 75.4 cm³/mol. The van der Waals surface area contributed by atoms with Crippen LogP contribution in [0.2, 0.25) is 5.02 Å². The van der Waals surface area contributed by atoms with E-state index in [1.807, 2.05) is 6.07 Å². The molecule has 5 heterocycles. The summed E-state index contributed by atoms with van der Waals surface area (Å²) in [4.78, 5) is 6.84. The van der Waals surface area contributed by atoms with Gasteiger partial charge in [-0.15, -0.1) is 0 Å². The normalized spacial score (nSPS) is 36.1. The number of piperidine rings is 3. The van der Waals surface area contributed by atoms with Gasteiger partial charge in [0.15, 0.2) is 0 Å². The van der Waals surface area contributed by atoms with Crippen molar-refractivity contribution in [2.45, 2.75) is 24.9 Å². The average molecular weight is 265 g/mol. The molecular weight excluding hydrogens is 246 g/mol. The molecule has 0 saturated carbocycles. The highest BCUT2D eigenvalue weighted by Gasteiger charge is 2.52. The molecule has 1 aromatic rings. The van der Waals surface area contributed by atoms with E-state index in [0.29, 0.717) is 5.92 Å². The molecule has 0 radical (unpaired) electrons. The molecule has 1 atom stereocenters. The van der Waals surface area contributed by atoms with Crippen molar-refractivity contribution in [3.8, 4) is 5.88 Å². The maximum Gasteiger partial charge on any atom is 0.218 e. The van der Waals surface area contributed by atoms with E-state index < -0.39 is 0 Å². The molecule has 96 valence electrons. The molecule has 1 aromatic heterocycles. The van der Waals surface area contributed by atoms with Crippen LogP contribution in [0.3, 0.4) is 0 Å². The first-order chi connectivity index (χ1) is 8.27. The van der Waals surface area contributed by atoms with E-state index in [4.69, 9.17) is 16.3 Å². The fourth-order valence-corrected chi connectivity index (χ4v) is 3.87. The lowest BCUT2D eigenvalue weighted by Gasteiger charge is -2.50. The lowest BCUT2D eigenvalue weighted by molar-refractivity contribution is -0.0814. The van der Waals surface area contributed by atoms with Crippen LogP contribution in [0.4, 0.5) is 0 Å². The van der Waals surface area contributed by atoms with Gasteiger partial charge < -0.3 is 4.74 Å². The number of rotatable bonds is 0. The van der Waals surface area contributed by atoms with Crippen LogP contribution in [0.1, 0.15) is 18.4 Å². The van der Waals surface area contributed by atoms with Crippen molar-refractivity contribution in [3.05, 3.63) is 22.8 Å². The number of hydrogen-bond acceptors (Lipinski definition) is 3. The van der Waals surface area contributed by atoms with Crippen LogP contribution >= 0.6 is 11.6 Å². The quantitative estimate of drug-likeness (QED) is 0.653. The Morgan fingerprint density at radius 2 is 2.17 bits per heavy atom. The number of aromatic nitrogens is 1. The minimum Gasteiger partial charge on any atom is -0.469 e. The van der Waals surface area contributed by atoms with E-state index in [-0.39, 0.29) is 14.0 Å². The maximum absolute atomic E-state index is 6.24. The summed E-state index contributed by atoms with van der Waals surface area (Å²) in [7, 11) is 0. The van der Waals surface area contributed by atoms with E-state index in [1.54, 1.807) is 6.20 Å². The monoisotopic (exact) mass is 264 g/mol. The Hall–Kier alpha value is -0.735. The van der Waals surface area contributed by atoms with E-state index in [9.17, 15) is 0 Å². The molecule has 0 N–H and O–H groups in total. The summed E-state index contributed by atoms with van der Waals surface area (Å²) in [6.07, 6.45) is 5.19. The third-order valence-corrected chi connectivity index (χ3v) is 4.91. The van der Waals surface area contributed by atoms with Gasteiger partial charge >= 0.3 is 0 Å². The molecule has 4 aliphatic heterocycles. The number of ether oxygens (including phenoxy) is 1. The van der Waals surface area contributed by atoms with Gasteiger partial charge in [-0.25, -0.2) is 4.98 Å². The summed E-state index contributed by atoms with van der Waals surface area (Å²) >= 11 is 6.24. The second-order valence-electron chi connectivity index (χ2n) is 5.47. The highest BCUT2D eigenvalue weighted by atomic mass is 35.5. The van der Waals surface area contributed by atoms with Crippen LogP contribution in [0.25, 0.3) is 0 Å². The molecule has 18 heavy (non-hydrogen) atoms. The molecule has 3 fully saturated rings. The smallest absolute Gasteiger partial charge is 0.218 e. The highest BCUT2D eigenvalue weighted by molar-refractivity contribution is 6.31. The molecule has 5 heteroatoms. The van der Waals surface area contributed by atoms with Crippen LogP contribution in [0, 0.1) is 5.92 Å². The van der Waals surface area contributed by atoms with Crippen molar-refractivity contribution in [3.63, 3.8) is 0 Å². The Morgan fingerprint density at radius 1 is 1.39 bits per heavy atom. The Kier molecular flexibility index (Phi) is 2.83. The molecule has 4 aliphatic rings. The number of fused-ring (bicyclic) bond motifs is 3. The fourth-order valence-electron chi connectivity index (χ4n) is 3.67. The molecular formula is C13H18BClN2O. The zero-order chi connectivity index (χ0) is 11.5. The largest absolute Gasteiger partial charge is 0.469 e. The Balaban J connectivity index is 0.000001000. The molecule has 1 spiro atoms. The second-order valence-corrected chi connectivity index (χ2v) is 5.88. The van der Waals surface area contributed by atoms with Crippen molar-refractivity contribution in [2.24, 2.45) is 5.92 Å². The Labute approximate surface area is 114 Å². The second kappa shape index (κ2) is 4.14. The molecule has 5 rings (SSSR count). The first-order valence-electron chi connectivity index (χ1n) is 6.32. The zero-order valence-electron chi connectivity index (χ0n) is 9.66. The van der Waals surface area contributed by atoms with E-state index in [2.05, 4.69) is 9.88 Å². The third-order valence-electron chi connectivity index (χ3n) is 4.56. The van der Waals surface area contributed by atoms with Gasteiger partial charge in [-0.2, -0.15) is 0 Å². The Morgan fingerprint density at radius 3 is 2.78 bits per heavy atom. The van der Waals surface area contributed by atoms with Crippen LogP contribution < -0.4 is 4.74 Å². The minimum atomic E-state index is -0.0309. The lowest BCUT2D eigenvalue weighted by Crippen LogP contribution is -2.61. The average Bonchev–Trinajstić information content (AvgIpc) is 2.70. The van der Waals surface area contributed by atoms with Gasteiger partial charge in [-0.05, 0) is 32.0 Å². The van der Waals surface area contributed by atoms with Crippen molar-refractivity contribution in [1.82, 2.24) is 9.88 Å². The molecule has 1 unspecified atom stereocenters. The zero-order valence-corrected chi connectivity index (χ0v) is 10.4. The van der Waals surface area contributed by atoms with Crippen molar-refractivity contribution < 1.29 is 4.74 Å². The van der Waals surface area contributed by atoms with Crippen LogP contribution in [0.5, 0.6) is 5.88 Å². The Bertz CT molecular complexity index is 476. The lowest BCUT2D eigenvalue weighted by atomic mass is 9.73. The summed E-state index contributed by atoms with van der Waals surface area (Å²) in [6, 6.07) is 1.87. The van der Waals surface area contributed by atoms with Crippen LogP contribution in [-0.2, 0) is 6.42 Å². The maximum atomic E-state index is 6.24. The third kappa shape index (κ3) is 1.59. The summed E-state index contributed by atoms with van der Waals surface area (Å²) in [5, 5.41) is 0.809. The van der Waals surface area contributed by atoms with Gasteiger partial charge in [0.1, 0.15) is 5.60 Å². The van der Waals surface area contributed by atoms with E-state index in [0.717, 1.165) is 29.4 Å². The van der Waals surface area contributed by atoms with Gasteiger partial charge in [0.25, 0.3) is 0 Å². The van der Waals surface area contributed by atoms with Gasteiger partial charge in [0, 0.05) is 30.6 Å². The predicted octanol–water partition coefficient (Wildman–Crippen LogP) is 0.950. The van der Waals surface area contributed by atoms with Crippen molar-refractivity contribution >= 4 is 20.0 Å². The van der Waals surface area contributed by atoms with Crippen molar-refractivity contribution in [1.29, 1.82) is 0 Å². The molecule has 3 nitrogen and oxygen atoms in total. The highest BCUT2D eigenvalue weighted by Crippen LogP contribution is 2.47. The molecule has 3 saturated heterocycles. The molecule has 0 amide bonds. The van der Waals surface area contributed by atoms with Gasteiger partial charge in [0.05, 0.1) is 13.4 Å². The first-order valence-corrected chi connectivity index (χ1v) is 6.69. The van der Waals surface area contributed by atoms with Gasteiger partial charge in [-0.1, -0.05) is 11.6 Å². The first kappa shape index (κ1) is 12.3. The summed E-state index contributed by atoms with van der Waals surface area (Å²) in [5.74, 6) is 1.45.